The number of benzene rings is 2. The minimum Gasteiger partial charge on any atom is -0.322 e. The van der Waals surface area contributed by atoms with Crippen molar-refractivity contribution in [3.05, 3.63) is 69.8 Å². The second kappa shape index (κ2) is 5.63. The van der Waals surface area contributed by atoms with E-state index in [1.807, 2.05) is 6.07 Å². The number of rotatable bonds is 3. The average molecular weight is 267 g/mol. The maximum absolute atomic E-state index is 11.9. The summed E-state index contributed by atoms with van der Waals surface area (Å²) in [6.45, 7) is 0. The molecule has 0 aromatic heterocycles. The number of nitrogens with zero attached hydrogens (tertiary/aromatic N) is 2. The van der Waals surface area contributed by atoms with Gasteiger partial charge < -0.3 is 5.32 Å². The van der Waals surface area contributed by atoms with Crippen molar-refractivity contribution in [3.63, 3.8) is 0 Å². The van der Waals surface area contributed by atoms with E-state index in [0.29, 0.717) is 11.3 Å². The summed E-state index contributed by atoms with van der Waals surface area (Å²) in [5, 5.41) is 21.9. The minimum atomic E-state index is -0.557. The number of hydrogen-bond donors (Lipinski definition) is 1. The second-order valence-electron chi connectivity index (χ2n) is 3.95. The second-order valence-corrected chi connectivity index (χ2v) is 3.95. The number of nitro benzene ring substituents is 1. The van der Waals surface area contributed by atoms with Gasteiger partial charge in [0.2, 0.25) is 0 Å². The van der Waals surface area contributed by atoms with Gasteiger partial charge in [-0.2, -0.15) is 5.26 Å². The van der Waals surface area contributed by atoms with Gasteiger partial charge in [-0.15, -0.1) is 0 Å². The summed E-state index contributed by atoms with van der Waals surface area (Å²) in [4.78, 5) is 22.0. The van der Waals surface area contributed by atoms with Gasteiger partial charge in [-0.05, 0) is 30.3 Å². The van der Waals surface area contributed by atoms with E-state index >= 15 is 0 Å². The standard InChI is InChI=1S/C14H9N3O3/c15-9-10-4-6-12(7-5-10)16-14(18)11-2-1-3-13(8-11)17(19)20/h1-8H,(H,16,18). The monoisotopic (exact) mass is 267 g/mol. The molecule has 1 amide bonds. The average Bonchev–Trinajstić information content (AvgIpc) is 2.48. The van der Waals surface area contributed by atoms with Crippen LogP contribution in [-0.4, -0.2) is 10.8 Å². The molecule has 0 spiro atoms. The first-order valence-corrected chi connectivity index (χ1v) is 5.66. The highest BCUT2D eigenvalue weighted by molar-refractivity contribution is 6.04. The van der Waals surface area contributed by atoms with Crippen molar-refractivity contribution in [2.75, 3.05) is 5.32 Å². The molecule has 0 unspecified atom stereocenters. The van der Waals surface area contributed by atoms with Crippen molar-refractivity contribution >= 4 is 17.3 Å². The Hall–Kier alpha value is -3.20. The summed E-state index contributed by atoms with van der Waals surface area (Å²) in [7, 11) is 0. The van der Waals surface area contributed by atoms with E-state index in [-0.39, 0.29) is 11.3 Å². The predicted octanol–water partition coefficient (Wildman–Crippen LogP) is 2.72. The molecule has 0 saturated heterocycles. The number of carbonyl (C=O) groups is 1. The summed E-state index contributed by atoms with van der Waals surface area (Å²) in [5.41, 5.74) is 1.06. The maximum atomic E-state index is 11.9. The molecule has 0 atom stereocenters. The zero-order valence-electron chi connectivity index (χ0n) is 10.2. The first-order chi connectivity index (χ1) is 9.60. The fourth-order valence-electron chi connectivity index (χ4n) is 1.59. The molecule has 0 heterocycles. The lowest BCUT2D eigenvalue weighted by atomic mass is 10.1. The highest BCUT2D eigenvalue weighted by Gasteiger charge is 2.11. The van der Waals surface area contributed by atoms with Crippen LogP contribution in [0, 0.1) is 21.4 Å². The van der Waals surface area contributed by atoms with Crippen molar-refractivity contribution in [1.29, 1.82) is 5.26 Å². The van der Waals surface area contributed by atoms with Crippen molar-refractivity contribution in [1.82, 2.24) is 0 Å². The van der Waals surface area contributed by atoms with E-state index in [9.17, 15) is 14.9 Å². The van der Waals surface area contributed by atoms with Crippen LogP contribution in [0.15, 0.2) is 48.5 Å². The Morgan fingerprint density at radius 3 is 2.50 bits per heavy atom. The number of non-ortho nitro benzene ring substituents is 1. The third kappa shape index (κ3) is 2.97. The lowest BCUT2D eigenvalue weighted by Gasteiger charge is -2.05. The van der Waals surface area contributed by atoms with Crippen LogP contribution in [0.5, 0.6) is 0 Å². The molecule has 0 aliphatic rings. The minimum absolute atomic E-state index is 0.141. The first-order valence-electron chi connectivity index (χ1n) is 5.66. The molecule has 0 radical (unpaired) electrons. The van der Waals surface area contributed by atoms with Crippen molar-refractivity contribution in [2.24, 2.45) is 0 Å². The van der Waals surface area contributed by atoms with Gasteiger partial charge in [0, 0.05) is 23.4 Å². The van der Waals surface area contributed by atoms with Gasteiger partial charge in [0.05, 0.1) is 16.6 Å². The molecule has 1 N–H and O–H groups in total. The van der Waals surface area contributed by atoms with E-state index in [1.165, 1.54) is 24.3 Å². The molecule has 0 aliphatic heterocycles. The van der Waals surface area contributed by atoms with Gasteiger partial charge in [-0.25, -0.2) is 0 Å². The zero-order valence-corrected chi connectivity index (χ0v) is 10.2. The van der Waals surface area contributed by atoms with Crippen LogP contribution in [-0.2, 0) is 0 Å². The highest BCUT2D eigenvalue weighted by Crippen LogP contribution is 2.15. The van der Waals surface area contributed by atoms with Crippen LogP contribution in [0.25, 0.3) is 0 Å². The molecule has 0 bridgehead atoms. The predicted molar refractivity (Wildman–Crippen MR) is 72.2 cm³/mol. The molecular formula is C14H9N3O3. The Morgan fingerprint density at radius 2 is 1.90 bits per heavy atom. The fourth-order valence-corrected chi connectivity index (χ4v) is 1.59. The van der Waals surface area contributed by atoms with Crippen LogP contribution in [0.2, 0.25) is 0 Å². The summed E-state index contributed by atoms with van der Waals surface area (Å²) >= 11 is 0. The van der Waals surface area contributed by atoms with Crippen molar-refractivity contribution in [3.8, 4) is 6.07 Å². The van der Waals surface area contributed by atoms with Crippen LogP contribution < -0.4 is 5.32 Å². The topological polar surface area (TPSA) is 96.0 Å². The molecule has 98 valence electrons. The lowest BCUT2D eigenvalue weighted by molar-refractivity contribution is -0.384. The van der Waals surface area contributed by atoms with Crippen molar-refractivity contribution in [2.45, 2.75) is 0 Å². The molecule has 2 aromatic carbocycles. The number of nitrogens with one attached hydrogen (secondary N) is 1. The quantitative estimate of drug-likeness (QED) is 0.683. The number of carbonyl (C=O) groups excluding carboxylic acids is 1. The van der Waals surface area contributed by atoms with E-state index in [4.69, 9.17) is 5.26 Å². The molecule has 6 heteroatoms. The number of hydrogen-bond acceptors (Lipinski definition) is 4. The van der Waals surface area contributed by atoms with Gasteiger partial charge in [0.1, 0.15) is 0 Å². The number of amides is 1. The van der Waals surface area contributed by atoms with Crippen LogP contribution in [0.4, 0.5) is 11.4 Å². The maximum Gasteiger partial charge on any atom is 0.270 e. The molecule has 0 saturated carbocycles. The largest absolute Gasteiger partial charge is 0.322 e. The fraction of sp³-hybridized carbons (Fsp3) is 0. The Morgan fingerprint density at radius 1 is 1.20 bits per heavy atom. The number of nitriles is 1. The molecule has 2 rings (SSSR count). The smallest absolute Gasteiger partial charge is 0.270 e. The Kier molecular flexibility index (Phi) is 3.72. The molecular weight excluding hydrogens is 258 g/mol. The number of anilines is 1. The third-order valence-electron chi connectivity index (χ3n) is 2.59. The third-order valence-corrected chi connectivity index (χ3v) is 2.59. The summed E-state index contributed by atoms with van der Waals surface area (Å²) in [5.74, 6) is -0.446. The van der Waals surface area contributed by atoms with E-state index in [0.717, 1.165) is 0 Å². The molecule has 0 fully saturated rings. The molecule has 6 nitrogen and oxygen atoms in total. The molecule has 0 aliphatic carbocycles. The first kappa shape index (κ1) is 13.2. The van der Waals surface area contributed by atoms with Crippen LogP contribution in [0.1, 0.15) is 15.9 Å². The summed E-state index contributed by atoms with van der Waals surface area (Å²) in [6, 6.07) is 13.8. The summed E-state index contributed by atoms with van der Waals surface area (Å²) in [6.07, 6.45) is 0. The van der Waals surface area contributed by atoms with Gasteiger partial charge in [0.25, 0.3) is 11.6 Å². The molecule has 2 aromatic rings. The van der Waals surface area contributed by atoms with E-state index in [1.54, 1.807) is 24.3 Å². The zero-order chi connectivity index (χ0) is 14.5. The summed E-state index contributed by atoms with van der Waals surface area (Å²) < 4.78 is 0. The van der Waals surface area contributed by atoms with Gasteiger partial charge >= 0.3 is 0 Å². The Labute approximate surface area is 114 Å². The Balaban J connectivity index is 2.17. The van der Waals surface area contributed by atoms with E-state index in [2.05, 4.69) is 5.32 Å². The van der Waals surface area contributed by atoms with Gasteiger partial charge in [0.15, 0.2) is 0 Å². The number of nitro groups is 1. The lowest BCUT2D eigenvalue weighted by Crippen LogP contribution is -2.12. The SMILES string of the molecule is N#Cc1ccc(NC(=O)c2cccc([N+](=O)[O-])c2)cc1. The van der Waals surface area contributed by atoms with Gasteiger partial charge in [-0.3, -0.25) is 14.9 Å². The normalized spacial score (nSPS) is 9.55. The Bertz CT molecular complexity index is 702. The van der Waals surface area contributed by atoms with Crippen LogP contribution >= 0.6 is 0 Å². The van der Waals surface area contributed by atoms with Crippen LogP contribution in [0.3, 0.4) is 0 Å². The highest BCUT2D eigenvalue weighted by atomic mass is 16.6. The van der Waals surface area contributed by atoms with E-state index < -0.39 is 10.8 Å². The van der Waals surface area contributed by atoms with Gasteiger partial charge in [-0.1, -0.05) is 6.07 Å². The molecule has 20 heavy (non-hydrogen) atoms. The van der Waals surface area contributed by atoms with Crippen molar-refractivity contribution < 1.29 is 9.72 Å².